The van der Waals surface area contributed by atoms with Crippen molar-refractivity contribution < 1.29 is 4.74 Å². The maximum absolute atomic E-state index is 6.22. The van der Waals surface area contributed by atoms with Crippen molar-refractivity contribution >= 4 is 0 Å². The van der Waals surface area contributed by atoms with Crippen LogP contribution in [0.2, 0.25) is 0 Å². The molecular weight excluding hydrogens is 188 g/mol. The van der Waals surface area contributed by atoms with Crippen LogP contribution in [0.1, 0.15) is 32.6 Å². The van der Waals surface area contributed by atoms with E-state index in [9.17, 15) is 0 Å². The van der Waals surface area contributed by atoms with E-state index in [1.54, 1.807) is 0 Å². The zero-order valence-electron chi connectivity index (χ0n) is 10.7. The van der Waals surface area contributed by atoms with Gasteiger partial charge in [0.2, 0.25) is 0 Å². The minimum absolute atomic E-state index is 0.0366. The second kappa shape index (κ2) is 3.44. The Bertz CT molecular complexity index is 254. The quantitative estimate of drug-likeness (QED) is 0.661. The predicted octanol–water partition coefficient (Wildman–Crippen LogP) is 1.54. The van der Waals surface area contributed by atoms with Crippen LogP contribution >= 0.6 is 0 Å². The van der Waals surface area contributed by atoms with Gasteiger partial charge in [0.05, 0.1) is 0 Å². The third-order valence-corrected chi connectivity index (χ3v) is 4.37. The van der Waals surface area contributed by atoms with Gasteiger partial charge in [-0.25, -0.2) is 0 Å². The van der Waals surface area contributed by atoms with E-state index in [4.69, 9.17) is 4.74 Å². The number of hydrogen-bond acceptors (Lipinski definition) is 3. The summed E-state index contributed by atoms with van der Waals surface area (Å²) < 4.78 is 6.22. The molecule has 0 aromatic rings. The lowest BCUT2D eigenvalue weighted by molar-refractivity contribution is 0.107. The van der Waals surface area contributed by atoms with Crippen LogP contribution in [0, 0.1) is 0 Å². The van der Waals surface area contributed by atoms with Gasteiger partial charge >= 0.3 is 0 Å². The van der Waals surface area contributed by atoms with E-state index >= 15 is 0 Å². The molecule has 1 heterocycles. The summed E-state index contributed by atoms with van der Waals surface area (Å²) in [6.07, 6.45) is 4.87. The summed E-state index contributed by atoms with van der Waals surface area (Å²) in [6.45, 7) is 2.26. The van der Waals surface area contributed by atoms with Crippen LogP contribution in [0.25, 0.3) is 0 Å². The molecule has 3 unspecified atom stereocenters. The van der Waals surface area contributed by atoms with Crippen LogP contribution in [0.15, 0.2) is 0 Å². The first-order valence-corrected chi connectivity index (χ1v) is 6.04. The standard InChI is InChI=1S/C12H24N2O/c1-6-11-10(13(2)3)8-7-9-12(11,15-11)14(4)5/h10H,6-9H2,1-5H3. The molecule has 1 saturated carbocycles. The van der Waals surface area contributed by atoms with Crippen LogP contribution in [-0.4, -0.2) is 55.4 Å². The van der Waals surface area contributed by atoms with E-state index in [-0.39, 0.29) is 11.3 Å². The van der Waals surface area contributed by atoms with Crippen molar-refractivity contribution in [2.24, 2.45) is 0 Å². The van der Waals surface area contributed by atoms with Gasteiger partial charge < -0.3 is 9.64 Å². The molecule has 1 aliphatic heterocycles. The first-order chi connectivity index (χ1) is 7.00. The highest BCUT2D eigenvalue weighted by molar-refractivity contribution is 5.21. The van der Waals surface area contributed by atoms with Crippen molar-refractivity contribution in [3.05, 3.63) is 0 Å². The molecule has 2 fully saturated rings. The molecular formula is C12H24N2O. The van der Waals surface area contributed by atoms with Gasteiger partial charge in [0.15, 0.2) is 5.72 Å². The van der Waals surface area contributed by atoms with Crippen LogP contribution in [0.4, 0.5) is 0 Å². The lowest BCUT2D eigenvalue weighted by atomic mass is 9.77. The van der Waals surface area contributed by atoms with Crippen molar-refractivity contribution in [3.8, 4) is 0 Å². The maximum atomic E-state index is 6.22. The van der Waals surface area contributed by atoms with Crippen molar-refractivity contribution in [1.29, 1.82) is 0 Å². The summed E-state index contributed by atoms with van der Waals surface area (Å²) in [5.74, 6) is 0. The summed E-state index contributed by atoms with van der Waals surface area (Å²) in [5.41, 5.74) is 0.132. The fourth-order valence-electron chi connectivity index (χ4n) is 3.59. The molecule has 0 aromatic carbocycles. The van der Waals surface area contributed by atoms with Crippen molar-refractivity contribution in [2.75, 3.05) is 28.2 Å². The molecule has 88 valence electrons. The van der Waals surface area contributed by atoms with Crippen LogP contribution < -0.4 is 0 Å². The Labute approximate surface area is 93.4 Å². The average molecular weight is 212 g/mol. The SMILES string of the molecule is CCC12OC1(N(C)C)CCCC2N(C)C. The Morgan fingerprint density at radius 2 is 1.93 bits per heavy atom. The summed E-state index contributed by atoms with van der Waals surface area (Å²) in [5, 5.41) is 0. The van der Waals surface area contributed by atoms with Crippen molar-refractivity contribution in [1.82, 2.24) is 9.80 Å². The third kappa shape index (κ3) is 1.30. The van der Waals surface area contributed by atoms with Gasteiger partial charge in [0.25, 0.3) is 0 Å². The molecule has 0 radical (unpaired) electrons. The van der Waals surface area contributed by atoms with E-state index in [0.29, 0.717) is 6.04 Å². The molecule has 15 heavy (non-hydrogen) atoms. The number of nitrogens with zero attached hydrogens (tertiary/aromatic N) is 2. The molecule has 0 bridgehead atoms. The number of fused-ring (bicyclic) bond motifs is 1. The van der Waals surface area contributed by atoms with Gasteiger partial charge in [0, 0.05) is 6.04 Å². The van der Waals surface area contributed by atoms with Gasteiger partial charge in [-0.05, 0) is 53.9 Å². The molecule has 3 nitrogen and oxygen atoms in total. The van der Waals surface area contributed by atoms with Gasteiger partial charge in [-0.2, -0.15) is 0 Å². The highest BCUT2D eigenvalue weighted by Crippen LogP contribution is 2.61. The third-order valence-electron chi connectivity index (χ3n) is 4.37. The van der Waals surface area contributed by atoms with Gasteiger partial charge in [-0.1, -0.05) is 6.92 Å². The van der Waals surface area contributed by atoms with E-state index in [1.165, 1.54) is 19.3 Å². The molecule has 1 aliphatic carbocycles. The largest absolute Gasteiger partial charge is 0.345 e. The predicted molar refractivity (Wildman–Crippen MR) is 61.9 cm³/mol. The van der Waals surface area contributed by atoms with E-state index in [1.807, 2.05) is 0 Å². The number of rotatable bonds is 3. The second-order valence-electron chi connectivity index (χ2n) is 5.40. The Kier molecular flexibility index (Phi) is 2.61. The molecule has 1 saturated heterocycles. The summed E-state index contributed by atoms with van der Waals surface area (Å²) in [6, 6.07) is 0.582. The Hall–Kier alpha value is -0.120. The number of ether oxygens (including phenoxy) is 1. The average Bonchev–Trinajstić information content (AvgIpc) is 2.87. The molecule has 3 atom stereocenters. The van der Waals surface area contributed by atoms with Crippen molar-refractivity contribution in [2.45, 2.75) is 50.0 Å². The summed E-state index contributed by atoms with van der Waals surface area (Å²) in [4.78, 5) is 4.63. The Morgan fingerprint density at radius 1 is 1.27 bits per heavy atom. The molecule has 0 amide bonds. The summed E-state index contributed by atoms with van der Waals surface area (Å²) in [7, 11) is 8.65. The van der Waals surface area contributed by atoms with Crippen molar-refractivity contribution in [3.63, 3.8) is 0 Å². The monoisotopic (exact) mass is 212 g/mol. The minimum atomic E-state index is 0.0366. The molecule has 0 aromatic heterocycles. The molecule has 0 spiro atoms. The fourth-order valence-corrected chi connectivity index (χ4v) is 3.59. The zero-order valence-corrected chi connectivity index (χ0v) is 10.7. The lowest BCUT2D eigenvalue weighted by Crippen LogP contribution is -2.53. The minimum Gasteiger partial charge on any atom is -0.345 e. The topological polar surface area (TPSA) is 19.0 Å². The summed E-state index contributed by atoms with van der Waals surface area (Å²) >= 11 is 0. The Balaban J connectivity index is 2.26. The van der Waals surface area contributed by atoms with E-state index < -0.39 is 0 Å². The van der Waals surface area contributed by atoms with Crippen LogP contribution in [0.3, 0.4) is 0 Å². The molecule has 0 N–H and O–H groups in total. The lowest BCUT2D eigenvalue weighted by Gasteiger charge is -2.38. The molecule has 2 rings (SSSR count). The maximum Gasteiger partial charge on any atom is 0.153 e. The first-order valence-electron chi connectivity index (χ1n) is 6.04. The zero-order chi connectivity index (χ0) is 11.3. The fraction of sp³-hybridized carbons (Fsp3) is 1.00. The number of hydrogen-bond donors (Lipinski definition) is 0. The number of likely N-dealkylation sites (N-methyl/N-ethyl adjacent to an activating group) is 2. The highest BCUT2D eigenvalue weighted by atomic mass is 16.7. The normalized spacial score (nSPS) is 44.6. The van der Waals surface area contributed by atoms with E-state index in [2.05, 4.69) is 44.9 Å². The second-order valence-corrected chi connectivity index (χ2v) is 5.40. The smallest absolute Gasteiger partial charge is 0.153 e. The highest BCUT2D eigenvalue weighted by Gasteiger charge is 2.74. The van der Waals surface area contributed by atoms with Crippen LogP contribution in [0.5, 0.6) is 0 Å². The molecule has 2 aliphatic rings. The van der Waals surface area contributed by atoms with E-state index in [0.717, 1.165) is 6.42 Å². The van der Waals surface area contributed by atoms with Gasteiger partial charge in [-0.15, -0.1) is 0 Å². The first kappa shape index (κ1) is 11.4. The number of epoxide rings is 1. The van der Waals surface area contributed by atoms with Gasteiger partial charge in [0.1, 0.15) is 5.60 Å². The molecule has 3 heteroatoms. The van der Waals surface area contributed by atoms with Crippen LogP contribution in [-0.2, 0) is 4.74 Å². The van der Waals surface area contributed by atoms with Gasteiger partial charge in [-0.3, -0.25) is 4.90 Å². The Morgan fingerprint density at radius 3 is 2.40 bits per heavy atom.